The Labute approximate surface area is 114 Å². The average Bonchev–Trinajstić information content (AvgIpc) is 2.49. The fourth-order valence-corrected chi connectivity index (χ4v) is 2.68. The largest absolute Gasteiger partial charge is 0.457 e. The summed E-state index contributed by atoms with van der Waals surface area (Å²) in [4.78, 5) is 0. The van der Waals surface area contributed by atoms with Crippen molar-refractivity contribution in [3.05, 3.63) is 60.2 Å². The van der Waals surface area contributed by atoms with Crippen molar-refractivity contribution >= 4 is 0 Å². The maximum absolute atomic E-state index is 5.90. The number of nitrogens with two attached hydrogens (primary N) is 1. The van der Waals surface area contributed by atoms with Gasteiger partial charge in [0.25, 0.3) is 0 Å². The van der Waals surface area contributed by atoms with Crippen molar-refractivity contribution in [2.24, 2.45) is 0 Å². The minimum atomic E-state index is 0.605. The molecule has 0 radical (unpaired) electrons. The molecule has 0 aliphatic carbocycles. The maximum Gasteiger partial charge on any atom is 0.127 e. The van der Waals surface area contributed by atoms with Crippen LogP contribution < -0.4 is 10.1 Å². The Morgan fingerprint density at radius 3 is 2.53 bits per heavy atom. The highest BCUT2D eigenvalue weighted by Gasteiger charge is 2.18. The Balaban J connectivity index is 1.76. The van der Waals surface area contributed by atoms with E-state index in [1.807, 2.05) is 36.4 Å². The average molecular weight is 254 g/mol. The molecule has 19 heavy (non-hydrogen) atoms. The Hall–Kier alpha value is -1.80. The monoisotopic (exact) mass is 254 g/mol. The molecule has 1 aliphatic rings. The number of rotatable bonds is 3. The van der Waals surface area contributed by atoms with E-state index in [4.69, 9.17) is 4.74 Å². The van der Waals surface area contributed by atoms with Crippen LogP contribution in [0.15, 0.2) is 54.6 Å². The van der Waals surface area contributed by atoms with Crippen molar-refractivity contribution in [2.45, 2.75) is 25.3 Å². The van der Waals surface area contributed by atoms with Crippen LogP contribution in [0.25, 0.3) is 0 Å². The van der Waals surface area contributed by atoms with E-state index in [1.54, 1.807) is 0 Å². The summed E-state index contributed by atoms with van der Waals surface area (Å²) in [5.74, 6) is 1.83. The van der Waals surface area contributed by atoms with Gasteiger partial charge in [0, 0.05) is 12.0 Å². The van der Waals surface area contributed by atoms with Crippen molar-refractivity contribution in [3.63, 3.8) is 0 Å². The summed E-state index contributed by atoms with van der Waals surface area (Å²) >= 11 is 0. The molecular weight excluding hydrogens is 234 g/mol. The van der Waals surface area contributed by atoms with E-state index in [9.17, 15) is 0 Å². The predicted molar refractivity (Wildman–Crippen MR) is 76.3 cm³/mol. The van der Waals surface area contributed by atoms with E-state index in [0.717, 1.165) is 11.5 Å². The van der Waals surface area contributed by atoms with Gasteiger partial charge in [0.1, 0.15) is 17.5 Å². The van der Waals surface area contributed by atoms with Gasteiger partial charge in [0.15, 0.2) is 0 Å². The van der Waals surface area contributed by atoms with E-state index in [-0.39, 0.29) is 0 Å². The fourth-order valence-electron chi connectivity index (χ4n) is 2.68. The predicted octanol–water partition coefficient (Wildman–Crippen LogP) is 3.27. The summed E-state index contributed by atoms with van der Waals surface area (Å²) in [5.41, 5.74) is 1.38. The summed E-state index contributed by atoms with van der Waals surface area (Å²) in [6.07, 6.45) is 3.95. The molecule has 0 saturated carbocycles. The highest BCUT2D eigenvalue weighted by molar-refractivity contribution is 5.34. The molecule has 2 heteroatoms. The first-order valence-corrected chi connectivity index (χ1v) is 7.08. The highest BCUT2D eigenvalue weighted by Crippen LogP contribution is 2.25. The van der Waals surface area contributed by atoms with Crippen LogP contribution in [-0.2, 0) is 0 Å². The van der Waals surface area contributed by atoms with Gasteiger partial charge >= 0.3 is 0 Å². The highest BCUT2D eigenvalue weighted by atomic mass is 16.5. The quantitative estimate of drug-likeness (QED) is 0.893. The lowest BCUT2D eigenvalue weighted by atomic mass is 9.97. The number of piperidine rings is 1. The zero-order valence-corrected chi connectivity index (χ0v) is 11.1. The molecule has 98 valence electrons. The number of para-hydroxylation sites is 1. The molecule has 2 aromatic carbocycles. The second-order valence-corrected chi connectivity index (χ2v) is 5.11. The third-order valence-electron chi connectivity index (χ3n) is 3.69. The van der Waals surface area contributed by atoms with Crippen LogP contribution in [0.4, 0.5) is 0 Å². The van der Waals surface area contributed by atoms with Crippen molar-refractivity contribution in [1.29, 1.82) is 0 Å². The summed E-state index contributed by atoms with van der Waals surface area (Å²) in [5, 5.41) is 2.45. The van der Waals surface area contributed by atoms with E-state index in [1.165, 1.54) is 31.4 Å². The maximum atomic E-state index is 5.90. The topological polar surface area (TPSA) is 25.8 Å². The van der Waals surface area contributed by atoms with Crippen molar-refractivity contribution < 1.29 is 10.1 Å². The van der Waals surface area contributed by atoms with Gasteiger partial charge in [0.2, 0.25) is 0 Å². The molecule has 1 fully saturated rings. The van der Waals surface area contributed by atoms with Crippen LogP contribution in [0.1, 0.15) is 30.9 Å². The van der Waals surface area contributed by atoms with Gasteiger partial charge in [-0.2, -0.15) is 0 Å². The van der Waals surface area contributed by atoms with Crippen LogP contribution in [0.5, 0.6) is 11.5 Å². The minimum absolute atomic E-state index is 0.605. The molecule has 3 rings (SSSR count). The zero-order valence-electron chi connectivity index (χ0n) is 11.1. The first-order chi connectivity index (χ1) is 9.42. The van der Waals surface area contributed by atoms with Crippen molar-refractivity contribution in [2.75, 3.05) is 6.54 Å². The van der Waals surface area contributed by atoms with Gasteiger partial charge < -0.3 is 10.1 Å². The molecule has 0 unspecified atom stereocenters. The van der Waals surface area contributed by atoms with Gasteiger partial charge in [-0.1, -0.05) is 30.3 Å². The van der Waals surface area contributed by atoms with E-state index in [0.29, 0.717) is 6.04 Å². The van der Waals surface area contributed by atoms with Gasteiger partial charge in [-0.15, -0.1) is 0 Å². The molecule has 1 saturated heterocycles. The molecule has 2 N–H and O–H groups in total. The van der Waals surface area contributed by atoms with Crippen LogP contribution in [0.3, 0.4) is 0 Å². The normalized spacial score (nSPS) is 19.1. The first kappa shape index (κ1) is 12.2. The van der Waals surface area contributed by atoms with Gasteiger partial charge in [-0.25, -0.2) is 0 Å². The van der Waals surface area contributed by atoms with Crippen molar-refractivity contribution in [1.82, 2.24) is 0 Å². The van der Waals surface area contributed by atoms with Crippen LogP contribution in [0, 0.1) is 0 Å². The summed E-state index contributed by atoms with van der Waals surface area (Å²) in [6.45, 7) is 1.24. The first-order valence-electron chi connectivity index (χ1n) is 7.08. The summed E-state index contributed by atoms with van der Waals surface area (Å²) < 4.78 is 5.90. The smallest absolute Gasteiger partial charge is 0.127 e. The lowest BCUT2D eigenvalue weighted by Crippen LogP contribution is -2.86. The molecule has 2 aromatic rings. The molecule has 0 aromatic heterocycles. The zero-order chi connectivity index (χ0) is 12.9. The third-order valence-corrected chi connectivity index (χ3v) is 3.69. The van der Waals surface area contributed by atoms with Crippen LogP contribution in [0.2, 0.25) is 0 Å². The van der Waals surface area contributed by atoms with Crippen LogP contribution in [-0.4, -0.2) is 6.54 Å². The number of quaternary nitrogens is 1. The lowest BCUT2D eigenvalue weighted by Gasteiger charge is -2.20. The number of hydrogen-bond acceptors (Lipinski definition) is 1. The fraction of sp³-hybridized carbons (Fsp3) is 0.294. The molecule has 1 atom stereocenters. The second kappa shape index (κ2) is 5.89. The molecular formula is C17H20NO+. The third kappa shape index (κ3) is 3.15. The number of hydrogen-bond donors (Lipinski definition) is 1. The summed E-state index contributed by atoms with van der Waals surface area (Å²) in [6, 6.07) is 19.1. The lowest BCUT2D eigenvalue weighted by molar-refractivity contribution is -0.704. The molecule has 0 amide bonds. The van der Waals surface area contributed by atoms with Crippen LogP contribution >= 0.6 is 0 Å². The van der Waals surface area contributed by atoms with Gasteiger partial charge in [-0.3, -0.25) is 0 Å². The van der Waals surface area contributed by atoms with Gasteiger partial charge in [0.05, 0.1) is 6.54 Å². The Morgan fingerprint density at radius 2 is 1.74 bits per heavy atom. The van der Waals surface area contributed by atoms with Crippen molar-refractivity contribution in [3.8, 4) is 11.5 Å². The Kier molecular flexibility index (Phi) is 3.80. The Bertz CT molecular complexity index is 518. The van der Waals surface area contributed by atoms with Gasteiger partial charge in [-0.05, 0) is 37.1 Å². The molecule has 1 heterocycles. The standard InChI is InChI=1S/C17H19NO/c1-2-8-15(9-3-1)19-16-10-6-7-14(13-16)17-11-4-5-12-18-17/h1-3,6-10,13,17-18H,4-5,11-12H2/p+1/t17-/m1/s1. The van der Waals surface area contributed by atoms with E-state index < -0.39 is 0 Å². The minimum Gasteiger partial charge on any atom is -0.457 e. The molecule has 2 nitrogen and oxygen atoms in total. The summed E-state index contributed by atoms with van der Waals surface area (Å²) in [7, 11) is 0. The number of benzene rings is 2. The van der Waals surface area contributed by atoms with E-state index >= 15 is 0 Å². The molecule has 0 bridgehead atoms. The van der Waals surface area contributed by atoms with E-state index in [2.05, 4.69) is 23.5 Å². The molecule has 1 aliphatic heterocycles. The second-order valence-electron chi connectivity index (χ2n) is 5.11. The Morgan fingerprint density at radius 1 is 0.895 bits per heavy atom. The SMILES string of the molecule is c1ccc(Oc2cccc([C@H]3CCCC[NH2+]3)c2)cc1. The molecule has 0 spiro atoms. The number of ether oxygens (including phenoxy) is 1.